The zero-order chi connectivity index (χ0) is 32.9. The number of nitrogens with one attached hydrogen (secondary N) is 1. The molecule has 3 fully saturated rings. The number of para-hydroxylation sites is 1. The maximum Gasteiger partial charge on any atom is 0.410 e. The molecule has 4 heterocycles. The number of nitrogens with zero attached hydrogens (tertiary/aromatic N) is 5. The van der Waals surface area contributed by atoms with Crippen molar-refractivity contribution >= 4 is 29.8 Å². The molecule has 4 aliphatic heterocycles. The van der Waals surface area contributed by atoms with Crippen LogP contribution in [-0.2, 0) is 22.4 Å². The number of likely N-dealkylation sites (tertiary alicyclic amines) is 2. The highest BCUT2D eigenvalue weighted by Crippen LogP contribution is 2.26. The van der Waals surface area contributed by atoms with E-state index in [1.54, 1.807) is 34.1 Å². The molecule has 13 heteroatoms. The summed E-state index contributed by atoms with van der Waals surface area (Å²) >= 11 is 0. The van der Waals surface area contributed by atoms with Gasteiger partial charge in [-0.2, -0.15) is 0 Å². The number of phenols is 1. The van der Waals surface area contributed by atoms with Crippen molar-refractivity contribution < 1.29 is 34.1 Å². The Morgan fingerprint density at radius 2 is 1.43 bits per heavy atom. The Kier molecular flexibility index (Phi) is 10.00. The van der Waals surface area contributed by atoms with Crippen LogP contribution in [0.25, 0.3) is 0 Å². The molecule has 0 saturated carbocycles. The van der Waals surface area contributed by atoms with Gasteiger partial charge in [-0.25, -0.2) is 14.4 Å². The van der Waals surface area contributed by atoms with Crippen LogP contribution in [-0.4, -0.2) is 136 Å². The lowest BCUT2D eigenvalue weighted by Crippen LogP contribution is -2.55. The highest BCUT2D eigenvalue weighted by molar-refractivity contribution is 5.91. The number of piperidine rings is 2. The summed E-state index contributed by atoms with van der Waals surface area (Å²) < 4.78 is 5.95. The quantitative estimate of drug-likeness (QED) is 0.433. The number of carboxylic acid groups (broad SMARTS) is 1. The van der Waals surface area contributed by atoms with Crippen LogP contribution in [0.15, 0.2) is 48.5 Å². The topological polar surface area (TPSA) is 146 Å². The van der Waals surface area contributed by atoms with Crippen LogP contribution in [0, 0.1) is 0 Å². The number of amides is 5. The van der Waals surface area contributed by atoms with Crippen LogP contribution in [0.2, 0.25) is 0 Å². The fourth-order valence-corrected chi connectivity index (χ4v) is 7.25. The molecule has 47 heavy (non-hydrogen) atoms. The van der Waals surface area contributed by atoms with E-state index in [0.29, 0.717) is 71.7 Å². The van der Waals surface area contributed by atoms with Crippen LogP contribution in [0.5, 0.6) is 5.75 Å². The van der Waals surface area contributed by atoms with Crippen LogP contribution in [0.3, 0.4) is 0 Å². The SMILES string of the molecule is O=C(O)N1CCN(C2CCN(C(=O)[C@@H](Cc3ccc(O)cc3)OC(=O)N3CCC(N4CCc5ccccc5NC4=O)CC3)CC2)CC1. The Hall–Kier alpha value is -4.52. The molecular formula is C34H44N6O7. The van der Waals surface area contributed by atoms with E-state index in [-0.39, 0.29) is 36.2 Å². The number of urea groups is 1. The summed E-state index contributed by atoms with van der Waals surface area (Å²) in [5.74, 6) is -0.124. The highest BCUT2D eigenvalue weighted by Gasteiger charge is 2.36. The molecule has 3 saturated heterocycles. The number of piperazine rings is 1. The molecule has 3 N–H and O–H groups in total. The first kappa shape index (κ1) is 32.4. The fourth-order valence-electron chi connectivity index (χ4n) is 7.25. The molecule has 0 radical (unpaired) electrons. The number of fused-ring (bicyclic) bond motifs is 1. The average molecular weight is 649 g/mol. The molecular weight excluding hydrogens is 604 g/mol. The number of anilines is 1. The third kappa shape index (κ3) is 7.73. The first-order chi connectivity index (χ1) is 22.7. The second-order valence-electron chi connectivity index (χ2n) is 12.9. The van der Waals surface area contributed by atoms with E-state index in [2.05, 4.69) is 10.2 Å². The van der Waals surface area contributed by atoms with Crippen molar-refractivity contribution in [2.24, 2.45) is 0 Å². The molecule has 0 spiro atoms. The maximum atomic E-state index is 13.9. The number of aromatic hydroxyl groups is 1. The van der Waals surface area contributed by atoms with Gasteiger partial charge in [-0.3, -0.25) is 9.69 Å². The van der Waals surface area contributed by atoms with E-state index in [0.717, 1.165) is 36.1 Å². The Bertz CT molecular complexity index is 1430. The van der Waals surface area contributed by atoms with Gasteiger partial charge in [-0.1, -0.05) is 30.3 Å². The van der Waals surface area contributed by atoms with Crippen molar-refractivity contribution in [1.82, 2.24) is 24.5 Å². The lowest BCUT2D eigenvalue weighted by molar-refractivity contribution is -0.142. The summed E-state index contributed by atoms with van der Waals surface area (Å²) in [5.41, 5.74) is 2.72. The first-order valence-electron chi connectivity index (χ1n) is 16.6. The third-order valence-electron chi connectivity index (χ3n) is 10.1. The van der Waals surface area contributed by atoms with E-state index < -0.39 is 18.3 Å². The van der Waals surface area contributed by atoms with Crippen LogP contribution >= 0.6 is 0 Å². The van der Waals surface area contributed by atoms with Gasteiger partial charge in [0, 0.05) is 83.1 Å². The standard InChI is InChI=1S/C34H44N6O7/c41-28-7-5-24(6-8-28)23-30(31(42)37-14-10-26(11-15-37)36-19-21-38(22-20-36)33(44)45)47-34(46)39-16-12-27(13-17-39)40-18-9-25-3-1-2-4-29(25)35-32(40)43/h1-8,26-27,30,41H,9-23H2,(H,35,43)(H,44,45)/t30-/m1/s1. The first-order valence-corrected chi connectivity index (χ1v) is 16.6. The molecule has 2 aromatic carbocycles. The zero-order valence-electron chi connectivity index (χ0n) is 26.6. The molecule has 6 rings (SSSR count). The van der Waals surface area contributed by atoms with E-state index >= 15 is 0 Å². The van der Waals surface area contributed by atoms with Gasteiger partial charge in [0.1, 0.15) is 5.75 Å². The number of carbonyl (C=O) groups is 4. The molecule has 0 aliphatic carbocycles. The molecule has 13 nitrogen and oxygen atoms in total. The number of rotatable bonds is 6. The van der Waals surface area contributed by atoms with Gasteiger partial charge in [0.2, 0.25) is 0 Å². The Labute approximate surface area is 274 Å². The van der Waals surface area contributed by atoms with E-state index in [1.807, 2.05) is 29.2 Å². The van der Waals surface area contributed by atoms with Gasteiger partial charge >= 0.3 is 18.2 Å². The van der Waals surface area contributed by atoms with Gasteiger partial charge in [0.05, 0.1) is 0 Å². The van der Waals surface area contributed by atoms with Gasteiger partial charge in [-0.05, 0) is 61.4 Å². The molecule has 1 atom stereocenters. The van der Waals surface area contributed by atoms with Crippen molar-refractivity contribution in [2.75, 3.05) is 64.2 Å². The van der Waals surface area contributed by atoms with Gasteiger partial charge in [0.25, 0.3) is 5.91 Å². The number of hydrogen-bond donors (Lipinski definition) is 3. The van der Waals surface area contributed by atoms with Crippen LogP contribution in [0.1, 0.15) is 36.8 Å². The molecule has 252 valence electrons. The Balaban J connectivity index is 1.04. The number of hydrogen-bond acceptors (Lipinski definition) is 7. The lowest BCUT2D eigenvalue weighted by Gasteiger charge is -2.42. The molecule has 0 unspecified atom stereocenters. The van der Waals surface area contributed by atoms with E-state index in [1.165, 1.54) is 4.90 Å². The maximum absolute atomic E-state index is 13.9. The summed E-state index contributed by atoms with van der Waals surface area (Å²) in [4.78, 5) is 60.6. The number of benzene rings is 2. The van der Waals surface area contributed by atoms with Gasteiger partial charge in [0.15, 0.2) is 6.10 Å². The molecule has 0 aromatic heterocycles. The predicted molar refractivity (Wildman–Crippen MR) is 173 cm³/mol. The summed E-state index contributed by atoms with van der Waals surface area (Å²) in [7, 11) is 0. The van der Waals surface area contributed by atoms with E-state index in [4.69, 9.17) is 4.74 Å². The summed E-state index contributed by atoms with van der Waals surface area (Å²) in [6.07, 6.45) is 1.26. The van der Waals surface area contributed by atoms with Crippen molar-refractivity contribution in [3.63, 3.8) is 0 Å². The van der Waals surface area contributed by atoms with Gasteiger partial charge < -0.3 is 39.9 Å². The molecule has 2 aromatic rings. The minimum absolute atomic E-state index is 0.00353. The zero-order valence-corrected chi connectivity index (χ0v) is 26.6. The van der Waals surface area contributed by atoms with Crippen molar-refractivity contribution in [1.29, 1.82) is 0 Å². The Morgan fingerprint density at radius 3 is 2.11 bits per heavy atom. The van der Waals surface area contributed by atoms with Crippen molar-refractivity contribution in [3.8, 4) is 5.75 Å². The van der Waals surface area contributed by atoms with Crippen molar-refractivity contribution in [3.05, 3.63) is 59.7 Å². The van der Waals surface area contributed by atoms with Gasteiger partial charge in [-0.15, -0.1) is 0 Å². The smallest absolute Gasteiger partial charge is 0.410 e. The number of carbonyl (C=O) groups excluding carboxylic acids is 3. The predicted octanol–water partition coefficient (Wildman–Crippen LogP) is 3.28. The largest absolute Gasteiger partial charge is 0.508 e. The minimum atomic E-state index is -1.02. The lowest BCUT2D eigenvalue weighted by atomic mass is 10.0. The molecule has 0 bridgehead atoms. The second kappa shape index (κ2) is 14.5. The Morgan fingerprint density at radius 1 is 0.787 bits per heavy atom. The number of ether oxygens (including phenoxy) is 1. The summed E-state index contributed by atoms with van der Waals surface area (Å²) in [6, 6.07) is 14.5. The minimum Gasteiger partial charge on any atom is -0.508 e. The van der Waals surface area contributed by atoms with Crippen molar-refractivity contribution in [2.45, 2.75) is 56.7 Å². The van der Waals surface area contributed by atoms with Crippen LogP contribution in [0.4, 0.5) is 20.1 Å². The third-order valence-corrected chi connectivity index (χ3v) is 10.1. The van der Waals surface area contributed by atoms with Crippen LogP contribution < -0.4 is 5.32 Å². The normalized spacial score (nSPS) is 20.6. The summed E-state index contributed by atoms with van der Waals surface area (Å²) in [6.45, 7) is 4.82. The molecule has 4 aliphatic rings. The fraction of sp³-hybridized carbons (Fsp3) is 0.529. The number of phenolic OH excluding ortho intramolecular Hbond substituents is 1. The molecule has 5 amide bonds. The summed E-state index contributed by atoms with van der Waals surface area (Å²) in [5, 5.41) is 22.0. The highest BCUT2D eigenvalue weighted by atomic mass is 16.6. The van der Waals surface area contributed by atoms with E-state index in [9.17, 15) is 29.4 Å². The second-order valence-corrected chi connectivity index (χ2v) is 12.9. The average Bonchev–Trinajstić information content (AvgIpc) is 3.26. The monoisotopic (exact) mass is 648 g/mol.